The Morgan fingerprint density at radius 2 is 2.08 bits per heavy atom. The normalized spacial score (nSPS) is 14.3. The van der Waals surface area contributed by atoms with Crippen LogP contribution in [0.15, 0.2) is 42.5 Å². The molecule has 0 aromatic heterocycles. The van der Waals surface area contributed by atoms with Gasteiger partial charge in [0.2, 0.25) is 5.91 Å². The lowest BCUT2D eigenvalue weighted by Crippen LogP contribution is -2.44. The molecule has 1 N–H and O–H groups in total. The molecule has 0 aliphatic carbocycles. The van der Waals surface area contributed by atoms with Crippen LogP contribution in [0.25, 0.3) is 0 Å². The number of hydrogen-bond acceptors (Lipinski definition) is 5. The lowest BCUT2D eigenvalue weighted by atomic mass is 10.00. The average Bonchev–Trinajstić information content (AvgIpc) is 2.67. The number of benzene rings is 2. The van der Waals surface area contributed by atoms with E-state index in [0.717, 1.165) is 25.1 Å². The molecule has 0 radical (unpaired) electrons. The number of ether oxygens (including phenoxy) is 1. The topological polar surface area (TPSA) is 84.7 Å². The Balaban J connectivity index is 1.82. The van der Waals surface area contributed by atoms with Crippen LogP contribution >= 0.6 is 0 Å². The third-order valence-corrected chi connectivity index (χ3v) is 4.65. The number of nitro groups is 1. The predicted molar refractivity (Wildman–Crippen MR) is 99.8 cm³/mol. The summed E-state index contributed by atoms with van der Waals surface area (Å²) in [5.74, 6) is 0.0858. The van der Waals surface area contributed by atoms with E-state index in [2.05, 4.69) is 11.4 Å². The van der Waals surface area contributed by atoms with Crippen molar-refractivity contribution in [1.29, 1.82) is 0 Å². The highest BCUT2D eigenvalue weighted by Gasteiger charge is 2.27. The third-order valence-electron chi connectivity index (χ3n) is 4.65. The lowest BCUT2D eigenvalue weighted by Gasteiger charge is -2.35. The number of hydrogen-bond donors (Lipinski definition) is 1. The van der Waals surface area contributed by atoms with Crippen molar-refractivity contribution in [3.8, 4) is 5.75 Å². The quantitative estimate of drug-likeness (QED) is 0.656. The van der Waals surface area contributed by atoms with Gasteiger partial charge in [-0.15, -0.1) is 0 Å². The molecule has 2 aromatic rings. The molecular formula is C19H21N3O4. The highest BCUT2D eigenvalue weighted by molar-refractivity contribution is 5.98. The second-order valence-electron chi connectivity index (χ2n) is 6.23. The minimum Gasteiger partial charge on any atom is -0.496 e. The fourth-order valence-corrected chi connectivity index (χ4v) is 3.24. The van der Waals surface area contributed by atoms with Crippen molar-refractivity contribution in [2.75, 3.05) is 23.9 Å². The van der Waals surface area contributed by atoms with Gasteiger partial charge in [0.05, 0.1) is 18.1 Å². The number of rotatable bonds is 5. The van der Waals surface area contributed by atoms with Crippen LogP contribution in [0.2, 0.25) is 0 Å². The first-order valence-electron chi connectivity index (χ1n) is 8.49. The number of para-hydroxylation sites is 1. The van der Waals surface area contributed by atoms with Crippen LogP contribution in [0.4, 0.5) is 17.1 Å². The third kappa shape index (κ3) is 3.46. The van der Waals surface area contributed by atoms with Crippen LogP contribution < -0.4 is 15.0 Å². The minimum atomic E-state index is -0.529. The molecule has 1 aliphatic heterocycles. The SMILES string of the molecule is COc1ccc(NC(=O)[C@@H](C)N2CCCc3ccccc32)c([N+](=O)[O-])c1. The van der Waals surface area contributed by atoms with Crippen molar-refractivity contribution in [1.82, 2.24) is 0 Å². The Morgan fingerprint density at radius 3 is 2.81 bits per heavy atom. The predicted octanol–water partition coefficient (Wildman–Crippen LogP) is 3.38. The van der Waals surface area contributed by atoms with E-state index in [0.29, 0.717) is 5.75 Å². The van der Waals surface area contributed by atoms with Gasteiger partial charge in [-0.3, -0.25) is 14.9 Å². The van der Waals surface area contributed by atoms with Gasteiger partial charge in [0.25, 0.3) is 5.69 Å². The van der Waals surface area contributed by atoms with Gasteiger partial charge in [-0.25, -0.2) is 0 Å². The zero-order chi connectivity index (χ0) is 18.7. The van der Waals surface area contributed by atoms with Crippen molar-refractivity contribution in [2.45, 2.75) is 25.8 Å². The van der Waals surface area contributed by atoms with Crippen LogP contribution in [0.1, 0.15) is 18.9 Å². The van der Waals surface area contributed by atoms with E-state index >= 15 is 0 Å². The van der Waals surface area contributed by atoms with E-state index in [9.17, 15) is 14.9 Å². The van der Waals surface area contributed by atoms with Crippen LogP contribution in [-0.2, 0) is 11.2 Å². The molecule has 1 heterocycles. The van der Waals surface area contributed by atoms with Crippen molar-refractivity contribution in [3.63, 3.8) is 0 Å². The second kappa shape index (κ2) is 7.43. The van der Waals surface area contributed by atoms with E-state index in [1.54, 1.807) is 6.07 Å². The number of amides is 1. The van der Waals surface area contributed by atoms with E-state index in [4.69, 9.17) is 4.74 Å². The molecule has 1 amide bonds. The average molecular weight is 355 g/mol. The van der Waals surface area contributed by atoms with E-state index in [-0.39, 0.29) is 17.3 Å². The summed E-state index contributed by atoms with van der Waals surface area (Å²) in [5, 5.41) is 14.0. The Bertz CT molecular complexity index is 837. The zero-order valence-corrected chi connectivity index (χ0v) is 14.8. The molecule has 7 nitrogen and oxygen atoms in total. The van der Waals surface area contributed by atoms with Gasteiger partial charge in [0.15, 0.2) is 0 Å². The van der Waals surface area contributed by atoms with Crippen molar-refractivity contribution >= 4 is 23.0 Å². The molecule has 0 fully saturated rings. The van der Waals surface area contributed by atoms with Gasteiger partial charge in [-0.1, -0.05) is 18.2 Å². The van der Waals surface area contributed by atoms with Gasteiger partial charge in [-0.05, 0) is 43.5 Å². The van der Waals surface area contributed by atoms with E-state index in [1.165, 1.54) is 24.8 Å². The zero-order valence-electron chi connectivity index (χ0n) is 14.8. The number of anilines is 2. The van der Waals surface area contributed by atoms with Crippen LogP contribution in [0, 0.1) is 10.1 Å². The first kappa shape index (κ1) is 17.7. The first-order valence-corrected chi connectivity index (χ1v) is 8.49. The Morgan fingerprint density at radius 1 is 1.31 bits per heavy atom. The van der Waals surface area contributed by atoms with Crippen LogP contribution in [-0.4, -0.2) is 30.5 Å². The van der Waals surface area contributed by atoms with Crippen molar-refractivity contribution in [3.05, 3.63) is 58.1 Å². The number of nitrogens with one attached hydrogen (secondary N) is 1. The van der Waals surface area contributed by atoms with E-state index in [1.807, 2.05) is 30.0 Å². The number of nitro benzene ring substituents is 1. The molecule has 136 valence electrons. The van der Waals surface area contributed by atoms with Crippen LogP contribution in [0.3, 0.4) is 0 Å². The summed E-state index contributed by atoms with van der Waals surface area (Å²) in [6.07, 6.45) is 1.96. The van der Waals surface area contributed by atoms with Gasteiger partial charge < -0.3 is 15.0 Å². The fraction of sp³-hybridized carbons (Fsp3) is 0.316. The maximum absolute atomic E-state index is 12.7. The minimum absolute atomic E-state index is 0.165. The van der Waals surface area contributed by atoms with Crippen molar-refractivity contribution in [2.24, 2.45) is 0 Å². The maximum atomic E-state index is 12.7. The largest absolute Gasteiger partial charge is 0.496 e. The van der Waals surface area contributed by atoms with Crippen LogP contribution in [0.5, 0.6) is 5.75 Å². The van der Waals surface area contributed by atoms with Crippen molar-refractivity contribution < 1.29 is 14.5 Å². The first-order chi connectivity index (χ1) is 12.5. The molecule has 7 heteroatoms. The Labute approximate surface area is 151 Å². The lowest BCUT2D eigenvalue weighted by molar-refractivity contribution is -0.384. The van der Waals surface area contributed by atoms with Gasteiger partial charge in [0, 0.05) is 12.2 Å². The summed E-state index contributed by atoms with van der Waals surface area (Å²) < 4.78 is 5.02. The van der Waals surface area contributed by atoms with E-state index < -0.39 is 11.0 Å². The Kier molecular flexibility index (Phi) is 5.06. The summed E-state index contributed by atoms with van der Waals surface area (Å²) in [5.41, 5.74) is 2.24. The molecule has 0 saturated heterocycles. The summed E-state index contributed by atoms with van der Waals surface area (Å²) >= 11 is 0. The number of carbonyl (C=O) groups is 1. The number of methoxy groups -OCH3 is 1. The summed E-state index contributed by atoms with van der Waals surface area (Å²) in [6, 6.07) is 12.0. The molecule has 3 rings (SSSR count). The molecule has 0 saturated carbocycles. The molecule has 2 aromatic carbocycles. The highest BCUT2D eigenvalue weighted by Crippen LogP contribution is 2.31. The number of nitrogens with zero attached hydrogens (tertiary/aromatic N) is 2. The molecule has 0 spiro atoms. The van der Waals surface area contributed by atoms with Gasteiger partial charge in [0.1, 0.15) is 17.5 Å². The standard InChI is InChI=1S/C19H21N3O4/c1-13(21-11-5-7-14-6-3-4-8-17(14)21)19(23)20-16-10-9-15(26-2)12-18(16)22(24)25/h3-4,6,8-10,12-13H,5,7,11H2,1-2H3,(H,20,23)/t13-/m1/s1. The molecule has 1 atom stereocenters. The second-order valence-corrected chi connectivity index (χ2v) is 6.23. The molecule has 0 bridgehead atoms. The summed E-state index contributed by atoms with van der Waals surface area (Å²) in [4.78, 5) is 25.6. The molecule has 0 unspecified atom stereocenters. The molecule has 26 heavy (non-hydrogen) atoms. The number of fused-ring (bicyclic) bond motifs is 1. The smallest absolute Gasteiger partial charge is 0.296 e. The van der Waals surface area contributed by atoms with Gasteiger partial charge >= 0.3 is 0 Å². The van der Waals surface area contributed by atoms with Gasteiger partial charge in [-0.2, -0.15) is 0 Å². The number of carbonyl (C=O) groups excluding carboxylic acids is 1. The number of aryl methyl sites for hydroxylation is 1. The molecular weight excluding hydrogens is 334 g/mol. The fourth-order valence-electron chi connectivity index (χ4n) is 3.24. The maximum Gasteiger partial charge on any atom is 0.296 e. The molecule has 1 aliphatic rings. The monoisotopic (exact) mass is 355 g/mol. The summed E-state index contributed by atoms with van der Waals surface area (Å²) in [6.45, 7) is 2.59. The highest BCUT2D eigenvalue weighted by atomic mass is 16.6. The summed E-state index contributed by atoms with van der Waals surface area (Å²) in [7, 11) is 1.44. The Hall–Kier alpha value is -3.09.